The number of carbonyl (C=O) groups is 2. The van der Waals surface area contributed by atoms with Crippen LogP contribution in [0.3, 0.4) is 0 Å². The predicted molar refractivity (Wildman–Crippen MR) is 102 cm³/mol. The number of rotatable bonds is 8. The molecule has 1 N–H and O–H groups in total. The molecule has 0 atom stereocenters. The summed E-state index contributed by atoms with van der Waals surface area (Å²) in [6.45, 7) is 9.83. The highest BCUT2D eigenvalue weighted by Crippen LogP contribution is 2.24. The summed E-state index contributed by atoms with van der Waals surface area (Å²) in [4.78, 5) is 28.5. The minimum absolute atomic E-state index is 0.0519. The van der Waals surface area contributed by atoms with Crippen LogP contribution in [-0.2, 0) is 4.79 Å². The van der Waals surface area contributed by atoms with Gasteiger partial charge in [0.25, 0.3) is 5.91 Å². The van der Waals surface area contributed by atoms with Gasteiger partial charge in [0, 0.05) is 36.9 Å². The Bertz CT molecular complexity index is 644. The van der Waals surface area contributed by atoms with Crippen molar-refractivity contribution in [3.8, 4) is 0 Å². The average molecular weight is 362 g/mol. The molecule has 1 aromatic carbocycles. The van der Waals surface area contributed by atoms with Crippen molar-refractivity contribution < 1.29 is 9.59 Å². The Balaban J connectivity index is 2.10. The van der Waals surface area contributed by atoms with Crippen LogP contribution >= 0.6 is 11.6 Å². The molecule has 1 aromatic rings. The third-order valence-electron chi connectivity index (χ3n) is 4.09. The van der Waals surface area contributed by atoms with E-state index < -0.39 is 0 Å². The lowest BCUT2D eigenvalue weighted by Gasteiger charge is -2.21. The Kier molecular flexibility index (Phi) is 7.07. The third kappa shape index (κ3) is 5.10. The molecule has 0 saturated carbocycles. The molecule has 0 spiro atoms. The van der Waals surface area contributed by atoms with Gasteiger partial charge in [0.1, 0.15) is 0 Å². The van der Waals surface area contributed by atoms with Gasteiger partial charge >= 0.3 is 0 Å². The van der Waals surface area contributed by atoms with Crippen molar-refractivity contribution in [2.24, 2.45) is 0 Å². The lowest BCUT2D eigenvalue weighted by Crippen LogP contribution is -2.36. The number of carbonyl (C=O) groups excluding carboxylic acids is 2. The highest BCUT2D eigenvalue weighted by atomic mass is 35.5. The van der Waals surface area contributed by atoms with Crippen LogP contribution < -0.4 is 5.32 Å². The van der Waals surface area contributed by atoms with Crippen molar-refractivity contribution in [2.75, 3.05) is 38.0 Å². The molecule has 1 aliphatic heterocycles. The second kappa shape index (κ2) is 9.28. The number of halogens is 1. The topological polar surface area (TPSA) is 52.7 Å². The molecule has 1 heterocycles. The molecule has 1 fully saturated rings. The van der Waals surface area contributed by atoms with E-state index in [1.165, 1.54) is 0 Å². The summed E-state index contributed by atoms with van der Waals surface area (Å²) in [6, 6.07) is 5.10. The van der Waals surface area contributed by atoms with Crippen LogP contribution in [-0.4, -0.2) is 54.3 Å². The van der Waals surface area contributed by atoms with E-state index in [1.807, 2.05) is 4.90 Å². The molecular formula is C19H24ClN3O2. The number of benzene rings is 1. The minimum atomic E-state index is -0.0886. The Labute approximate surface area is 153 Å². The van der Waals surface area contributed by atoms with Crippen molar-refractivity contribution in [1.82, 2.24) is 9.80 Å². The van der Waals surface area contributed by atoms with Crippen molar-refractivity contribution in [3.05, 3.63) is 54.1 Å². The van der Waals surface area contributed by atoms with Crippen LogP contribution in [0.1, 0.15) is 23.2 Å². The Morgan fingerprint density at radius 3 is 2.44 bits per heavy atom. The summed E-state index contributed by atoms with van der Waals surface area (Å²) in [6.07, 6.45) is 5.38. The van der Waals surface area contributed by atoms with Gasteiger partial charge < -0.3 is 15.1 Å². The lowest BCUT2D eigenvalue weighted by molar-refractivity contribution is -0.128. The molecule has 0 bridgehead atoms. The van der Waals surface area contributed by atoms with Gasteiger partial charge in [0.05, 0.1) is 12.1 Å². The maximum atomic E-state index is 12.7. The van der Waals surface area contributed by atoms with Gasteiger partial charge in [-0.25, -0.2) is 0 Å². The number of amides is 2. The van der Waals surface area contributed by atoms with E-state index >= 15 is 0 Å². The van der Waals surface area contributed by atoms with Crippen molar-refractivity contribution >= 4 is 29.1 Å². The molecule has 0 aromatic heterocycles. The van der Waals surface area contributed by atoms with Gasteiger partial charge in [-0.2, -0.15) is 0 Å². The van der Waals surface area contributed by atoms with Gasteiger partial charge in [-0.05, 0) is 31.0 Å². The molecule has 1 saturated heterocycles. The van der Waals surface area contributed by atoms with E-state index in [-0.39, 0.29) is 18.4 Å². The van der Waals surface area contributed by atoms with Crippen molar-refractivity contribution in [2.45, 2.75) is 12.8 Å². The standard InChI is InChI=1S/C19H24ClN3O2/c1-3-9-22(10-4-2)18(24)14-21-17-8-7-15(20)13-16(17)19(25)23-11-5-6-12-23/h3-4,7-8,13,21H,1-2,5-6,9-12,14H2. The molecule has 2 amide bonds. The zero-order valence-corrected chi connectivity index (χ0v) is 15.1. The predicted octanol–water partition coefficient (Wildman–Crippen LogP) is 3.19. The molecular weight excluding hydrogens is 338 g/mol. The number of hydrogen-bond donors (Lipinski definition) is 1. The van der Waals surface area contributed by atoms with Gasteiger partial charge in [-0.3, -0.25) is 9.59 Å². The molecule has 1 aliphatic rings. The monoisotopic (exact) mass is 361 g/mol. The van der Waals surface area contributed by atoms with Crippen LogP contribution in [0.4, 0.5) is 5.69 Å². The highest BCUT2D eigenvalue weighted by molar-refractivity contribution is 6.31. The quantitative estimate of drug-likeness (QED) is 0.723. The summed E-state index contributed by atoms with van der Waals surface area (Å²) >= 11 is 6.07. The Morgan fingerprint density at radius 2 is 1.84 bits per heavy atom. The summed E-state index contributed by atoms with van der Waals surface area (Å²) in [5.41, 5.74) is 1.12. The molecule has 134 valence electrons. The normalized spacial score (nSPS) is 13.4. The van der Waals surface area contributed by atoms with E-state index in [9.17, 15) is 9.59 Å². The second-order valence-electron chi connectivity index (χ2n) is 5.92. The SMILES string of the molecule is C=CCN(CC=C)C(=O)CNc1ccc(Cl)cc1C(=O)N1CCCC1. The van der Waals surface area contributed by atoms with Crippen molar-refractivity contribution in [3.63, 3.8) is 0 Å². The Morgan fingerprint density at radius 1 is 1.20 bits per heavy atom. The van der Waals surface area contributed by atoms with Crippen LogP contribution in [0, 0.1) is 0 Å². The zero-order valence-electron chi connectivity index (χ0n) is 14.3. The number of likely N-dealkylation sites (tertiary alicyclic amines) is 1. The second-order valence-corrected chi connectivity index (χ2v) is 6.36. The first-order valence-corrected chi connectivity index (χ1v) is 8.77. The van der Waals surface area contributed by atoms with Crippen LogP contribution in [0.25, 0.3) is 0 Å². The number of hydrogen-bond acceptors (Lipinski definition) is 3. The van der Waals surface area contributed by atoms with Gasteiger partial charge in [0.2, 0.25) is 5.91 Å². The van der Waals surface area contributed by atoms with E-state index in [0.717, 1.165) is 25.9 Å². The average Bonchev–Trinajstić information content (AvgIpc) is 3.14. The van der Waals surface area contributed by atoms with Gasteiger partial charge in [-0.15, -0.1) is 13.2 Å². The van der Waals surface area contributed by atoms with Crippen LogP contribution in [0.5, 0.6) is 0 Å². The largest absolute Gasteiger partial charge is 0.376 e. The summed E-state index contributed by atoms with van der Waals surface area (Å²) < 4.78 is 0. The first kappa shape index (κ1) is 19.1. The Hall–Kier alpha value is -2.27. The lowest BCUT2D eigenvalue weighted by atomic mass is 10.1. The summed E-state index contributed by atoms with van der Waals surface area (Å²) in [7, 11) is 0. The molecule has 25 heavy (non-hydrogen) atoms. The smallest absolute Gasteiger partial charge is 0.256 e. The van der Waals surface area contributed by atoms with E-state index in [4.69, 9.17) is 11.6 Å². The fourth-order valence-electron chi connectivity index (χ4n) is 2.81. The molecule has 0 unspecified atom stereocenters. The van der Waals surface area contributed by atoms with E-state index in [1.54, 1.807) is 35.3 Å². The zero-order chi connectivity index (χ0) is 18.2. The fourth-order valence-corrected chi connectivity index (χ4v) is 2.98. The van der Waals surface area contributed by atoms with Gasteiger partial charge in [-0.1, -0.05) is 23.8 Å². The molecule has 6 heteroatoms. The van der Waals surface area contributed by atoms with Crippen molar-refractivity contribution in [1.29, 1.82) is 0 Å². The number of nitrogens with one attached hydrogen (secondary N) is 1. The highest BCUT2D eigenvalue weighted by Gasteiger charge is 2.22. The minimum Gasteiger partial charge on any atom is -0.376 e. The van der Waals surface area contributed by atoms with E-state index in [0.29, 0.717) is 29.4 Å². The molecule has 2 rings (SSSR count). The number of nitrogens with zero attached hydrogens (tertiary/aromatic N) is 2. The summed E-state index contributed by atoms with van der Waals surface area (Å²) in [5.74, 6) is -0.140. The summed E-state index contributed by atoms with van der Waals surface area (Å²) in [5, 5.41) is 3.58. The third-order valence-corrected chi connectivity index (χ3v) is 4.32. The first-order valence-electron chi connectivity index (χ1n) is 8.39. The molecule has 0 aliphatic carbocycles. The molecule has 0 radical (unpaired) electrons. The van der Waals surface area contributed by atoms with E-state index in [2.05, 4.69) is 18.5 Å². The molecule has 5 nitrogen and oxygen atoms in total. The first-order chi connectivity index (χ1) is 12.1. The van der Waals surface area contributed by atoms with Gasteiger partial charge in [0.15, 0.2) is 0 Å². The maximum Gasteiger partial charge on any atom is 0.256 e. The fraction of sp³-hybridized carbons (Fsp3) is 0.368. The maximum absolute atomic E-state index is 12.7. The number of anilines is 1. The van der Waals surface area contributed by atoms with Crippen LogP contribution in [0.2, 0.25) is 5.02 Å². The van der Waals surface area contributed by atoms with Crippen LogP contribution in [0.15, 0.2) is 43.5 Å².